The SMILES string of the molecule is O=C(O)CC(=O)Cc1ccc(OS(=O)(=O)C2CC3CC2C(c2ccc(O)cc2)=C3c2ccc(O)cc2)cc1. The van der Waals surface area contributed by atoms with E-state index in [1.54, 1.807) is 48.5 Å². The highest BCUT2D eigenvalue weighted by molar-refractivity contribution is 7.87. The Morgan fingerprint density at radius 1 is 0.789 bits per heavy atom. The normalized spacial score (nSPS) is 20.5. The Morgan fingerprint density at radius 2 is 1.34 bits per heavy atom. The predicted octanol–water partition coefficient (Wildman–Crippen LogP) is 4.41. The van der Waals surface area contributed by atoms with E-state index in [1.165, 1.54) is 12.1 Å². The molecule has 0 saturated heterocycles. The van der Waals surface area contributed by atoms with Crippen LogP contribution < -0.4 is 4.18 Å². The van der Waals surface area contributed by atoms with Crippen LogP contribution in [0.2, 0.25) is 0 Å². The second-order valence-corrected chi connectivity index (χ2v) is 11.5. The number of phenolic OH excluding ortho intramolecular Hbond substituents is 2. The lowest BCUT2D eigenvalue weighted by Gasteiger charge is -2.27. The smallest absolute Gasteiger partial charge is 0.312 e. The van der Waals surface area contributed by atoms with Gasteiger partial charge in [0, 0.05) is 12.3 Å². The summed E-state index contributed by atoms with van der Waals surface area (Å²) in [7, 11) is -4.03. The summed E-state index contributed by atoms with van der Waals surface area (Å²) in [6.07, 6.45) is 0.406. The number of benzene rings is 3. The number of hydrogen-bond acceptors (Lipinski definition) is 7. The number of aromatic hydroxyl groups is 2. The van der Waals surface area contributed by atoms with Crippen LogP contribution in [0.3, 0.4) is 0 Å². The Labute approximate surface area is 220 Å². The van der Waals surface area contributed by atoms with Gasteiger partial charge in [-0.1, -0.05) is 36.4 Å². The molecule has 3 atom stereocenters. The van der Waals surface area contributed by atoms with Gasteiger partial charge in [0.1, 0.15) is 34.7 Å². The summed E-state index contributed by atoms with van der Waals surface area (Å²) in [6.45, 7) is 0. The van der Waals surface area contributed by atoms with Gasteiger partial charge >= 0.3 is 16.1 Å². The zero-order chi connectivity index (χ0) is 27.0. The van der Waals surface area contributed by atoms with Crippen molar-refractivity contribution in [3.8, 4) is 17.2 Å². The molecular formula is C29H26O8S. The first-order valence-corrected chi connectivity index (χ1v) is 13.7. The maximum Gasteiger partial charge on any atom is 0.312 e. The molecule has 0 aromatic heterocycles. The van der Waals surface area contributed by atoms with Gasteiger partial charge in [-0.15, -0.1) is 0 Å². The first-order valence-electron chi connectivity index (χ1n) is 12.2. The number of Topliss-reactive ketones (excluding diaryl/α,β-unsaturated/α-hetero) is 1. The van der Waals surface area contributed by atoms with Gasteiger partial charge in [-0.25, -0.2) is 0 Å². The number of carbonyl (C=O) groups is 2. The third kappa shape index (κ3) is 5.15. The zero-order valence-corrected chi connectivity index (χ0v) is 21.1. The van der Waals surface area contributed by atoms with Gasteiger partial charge in [0.15, 0.2) is 0 Å². The summed E-state index contributed by atoms with van der Waals surface area (Å²) in [5.74, 6) is -1.58. The van der Waals surface area contributed by atoms with Crippen LogP contribution in [0.15, 0.2) is 72.8 Å². The van der Waals surface area contributed by atoms with E-state index in [1.807, 2.05) is 12.1 Å². The van der Waals surface area contributed by atoms with Gasteiger partial charge in [-0.05, 0) is 83.0 Å². The highest BCUT2D eigenvalue weighted by Crippen LogP contribution is 2.58. The number of phenols is 2. The molecule has 38 heavy (non-hydrogen) atoms. The number of carboxylic acids is 1. The molecule has 3 aromatic carbocycles. The lowest BCUT2D eigenvalue weighted by Crippen LogP contribution is -2.31. The van der Waals surface area contributed by atoms with Crippen molar-refractivity contribution >= 4 is 33.0 Å². The van der Waals surface area contributed by atoms with E-state index in [9.17, 15) is 28.2 Å². The van der Waals surface area contributed by atoms with E-state index in [0.29, 0.717) is 18.4 Å². The van der Waals surface area contributed by atoms with Crippen molar-refractivity contribution in [3.63, 3.8) is 0 Å². The Hall–Kier alpha value is -4.11. The fraction of sp³-hybridized carbons (Fsp3) is 0.241. The van der Waals surface area contributed by atoms with Crippen molar-refractivity contribution in [1.29, 1.82) is 0 Å². The van der Waals surface area contributed by atoms with E-state index >= 15 is 0 Å². The molecular weight excluding hydrogens is 508 g/mol. The van der Waals surface area contributed by atoms with Crippen molar-refractivity contribution < 1.29 is 37.5 Å². The van der Waals surface area contributed by atoms with Gasteiger partial charge in [0.05, 0.1) is 0 Å². The molecule has 5 rings (SSSR count). The van der Waals surface area contributed by atoms with Crippen LogP contribution in [-0.4, -0.2) is 40.7 Å². The number of aliphatic carboxylic acids is 1. The molecule has 196 valence electrons. The van der Waals surface area contributed by atoms with E-state index < -0.39 is 33.5 Å². The van der Waals surface area contributed by atoms with E-state index in [0.717, 1.165) is 22.3 Å². The molecule has 0 heterocycles. The van der Waals surface area contributed by atoms with Crippen molar-refractivity contribution in [1.82, 2.24) is 0 Å². The number of hydrogen-bond donors (Lipinski definition) is 3. The highest BCUT2D eigenvalue weighted by Gasteiger charge is 2.52. The largest absolute Gasteiger partial charge is 0.508 e. The first-order chi connectivity index (χ1) is 18.1. The second kappa shape index (κ2) is 9.98. The van der Waals surface area contributed by atoms with E-state index in [2.05, 4.69) is 0 Å². The summed E-state index contributed by atoms with van der Waals surface area (Å²) >= 11 is 0. The average Bonchev–Trinajstić information content (AvgIpc) is 3.46. The van der Waals surface area contributed by atoms with Crippen LogP contribution in [0.25, 0.3) is 11.1 Å². The molecule has 0 spiro atoms. The molecule has 0 amide bonds. The second-order valence-electron chi connectivity index (χ2n) is 9.74. The van der Waals surface area contributed by atoms with Gasteiger partial charge in [0.2, 0.25) is 0 Å². The predicted molar refractivity (Wildman–Crippen MR) is 140 cm³/mol. The minimum absolute atomic E-state index is 0.0145. The number of ketones is 1. The molecule has 0 aliphatic heterocycles. The number of carboxylic acid groups (broad SMARTS) is 1. The molecule has 2 aliphatic carbocycles. The molecule has 0 radical (unpaired) electrons. The first kappa shape index (κ1) is 25.5. The summed E-state index contributed by atoms with van der Waals surface area (Å²) in [5.41, 5.74) is 4.26. The fourth-order valence-electron chi connectivity index (χ4n) is 5.64. The van der Waals surface area contributed by atoms with Crippen LogP contribution in [0.4, 0.5) is 0 Å². The standard InChI is InChI=1S/C29H26O8S/c30-21-7-3-18(4-8-21)28-20-14-25(29(28)19-5-9-22(31)10-6-19)26(15-20)38(35,36)37-24-11-1-17(2-12-24)13-23(32)16-27(33)34/h1-12,20,25-26,30-31H,13-16H2,(H,33,34). The van der Waals surface area contributed by atoms with Gasteiger partial charge in [-0.3, -0.25) is 9.59 Å². The van der Waals surface area contributed by atoms with Crippen LogP contribution in [0.5, 0.6) is 17.2 Å². The Bertz CT molecular complexity index is 1500. The summed E-state index contributed by atoms with van der Waals surface area (Å²) < 4.78 is 32.4. The molecule has 2 bridgehead atoms. The van der Waals surface area contributed by atoms with Crippen LogP contribution in [-0.2, 0) is 26.1 Å². The Kier molecular flexibility index (Phi) is 6.71. The zero-order valence-electron chi connectivity index (χ0n) is 20.3. The molecule has 1 fully saturated rings. The quantitative estimate of drug-likeness (QED) is 0.271. The van der Waals surface area contributed by atoms with E-state index in [4.69, 9.17) is 9.29 Å². The molecule has 3 aromatic rings. The number of allylic oxidation sites excluding steroid dienone is 2. The van der Waals surface area contributed by atoms with Crippen molar-refractivity contribution in [2.24, 2.45) is 11.8 Å². The van der Waals surface area contributed by atoms with E-state index in [-0.39, 0.29) is 35.5 Å². The number of fused-ring (bicyclic) bond motifs is 2. The highest BCUT2D eigenvalue weighted by atomic mass is 32.2. The molecule has 3 unspecified atom stereocenters. The minimum atomic E-state index is -4.03. The third-order valence-corrected chi connectivity index (χ3v) is 8.87. The van der Waals surface area contributed by atoms with Crippen molar-refractivity contribution in [2.75, 3.05) is 0 Å². The summed E-state index contributed by atoms with van der Waals surface area (Å²) in [4.78, 5) is 22.5. The Morgan fingerprint density at radius 3 is 1.89 bits per heavy atom. The summed E-state index contributed by atoms with van der Waals surface area (Å²) in [6, 6.07) is 19.6. The van der Waals surface area contributed by atoms with Gasteiger partial charge in [0.25, 0.3) is 0 Å². The van der Waals surface area contributed by atoms with Crippen molar-refractivity contribution in [3.05, 3.63) is 89.5 Å². The van der Waals surface area contributed by atoms with Crippen LogP contribution in [0, 0.1) is 11.8 Å². The molecule has 2 aliphatic rings. The third-order valence-electron chi connectivity index (χ3n) is 7.19. The minimum Gasteiger partial charge on any atom is -0.508 e. The van der Waals surface area contributed by atoms with Crippen LogP contribution in [0.1, 0.15) is 36.0 Å². The topological polar surface area (TPSA) is 138 Å². The molecule has 1 saturated carbocycles. The average molecular weight is 535 g/mol. The fourth-order valence-corrected chi connectivity index (χ4v) is 7.26. The molecule has 9 heteroatoms. The van der Waals surface area contributed by atoms with Gasteiger partial charge < -0.3 is 19.5 Å². The van der Waals surface area contributed by atoms with Gasteiger partial charge in [-0.2, -0.15) is 8.42 Å². The maximum atomic E-state index is 13.5. The lowest BCUT2D eigenvalue weighted by molar-refractivity contribution is -0.140. The molecule has 8 nitrogen and oxygen atoms in total. The maximum absolute atomic E-state index is 13.5. The monoisotopic (exact) mass is 534 g/mol. The number of carbonyl (C=O) groups excluding carboxylic acids is 1. The lowest BCUT2D eigenvalue weighted by atomic mass is 9.83. The van der Waals surface area contributed by atoms with Crippen molar-refractivity contribution in [2.45, 2.75) is 30.9 Å². The Balaban J connectivity index is 1.41. The van der Waals surface area contributed by atoms with Crippen LogP contribution >= 0.6 is 0 Å². The molecule has 3 N–H and O–H groups in total. The number of rotatable bonds is 9. The summed E-state index contributed by atoms with van der Waals surface area (Å²) in [5, 5.41) is 27.5.